The number of hydrogen-bond acceptors (Lipinski definition) is 7. The third kappa shape index (κ3) is 11.0. The lowest BCUT2D eigenvalue weighted by Gasteiger charge is -2.35. The van der Waals surface area contributed by atoms with Crippen LogP contribution in [0.5, 0.6) is 0 Å². The minimum atomic E-state index is -1.03. The van der Waals surface area contributed by atoms with Crippen molar-refractivity contribution in [2.45, 2.75) is 116 Å². The average Bonchev–Trinajstić information content (AvgIpc) is 3.47. The van der Waals surface area contributed by atoms with Gasteiger partial charge < -0.3 is 29.1 Å². The first-order valence-electron chi connectivity index (χ1n) is 15.5. The number of unbranched alkanes of at least 4 members (excludes halogenated alkanes) is 10. The van der Waals surface area contributed by atoms with Crippen molar-refractivity contribution in [1.82, 2.24) is 4.90 Å². The molecule has 2 aliphatic rings. The lowest BCUT2D eigenvalue weighted by Crippen LogP contribution is -2.49. The molecule has 1 amide bonds. The van der Waals surface area contributed by atoms with Crippen LogP contribution in [0.25, 0.3) is 0 Å². The standard InChI is InChI=1S/C32H50N2O6/c1-3-4-5-6-7-8-9-10-11-12-16-19-28(35)29-20-21-30(40-29)31(36)38-26(2)39-32(37)34-24-22-33(23-25-34)27-17-14-13-15-18-27/h13-15,17-18,20,26,28,30,35H,3-12,16,19,21-25H2,1-2H3. The van der Waals surface area contributed by atoms with Crippen LogP contribution < -0.4 is 4.90 Å². The van der Waals surface area contributed by atoms with Crippen LogP contribution in [0.2, 0.25) is 0 Å². The molecule has 3 rings (SSSR count). The fourth-order valence-corrected chi connectivity index (χ4v) is 5.25. The van der Waals surface area contributed by atoms with Crippen LogP contribution in [0.15, 0.2) is 42.2 Å². The summed E-state index contributed by atoms with van der Waals surface area (Å²) in [6.07, 6.45) is 13.5. The summed E-state index contributed by atoms with van der Waals surface area (Å²) in [5, 5.41) is 10.5. The number of aliphatic hydroxyl groups is 1. The predicted molar refractivity (Wildman–Crippen MR) is 157 cm³/mol. The molecule has 8 heteroatoms. The van der Waals surface area contributed by atoms with Crippen LogP contribution >= 0.6 is 0 Å². The molecule has 224 valence electrons. The quantitative estimate of drug-likeness (QED) is 0.131. The molecule has 1 saturated heterocycles. The van der Waals surface area contributed by atoms with Gasteiger partial charge in [-0.25, -0.2) is 9.59 Å². The summed E-state index contributed by atoms with van der Waals surface area (Å²) >= 11 is 0. The third-order valence-corrected chi connectivity index (χ3v) is 7.69. The number of para-hydroxylation sites is 1. The molecule has 0 radical (unpaired) electrons. The second kappa shape index (κ2) is 17.8. The van der Waals surface area contributed by atoms with Gasteiger partial charge in [0, 0.05) is 45.2 Å². The van der Waals surface area contributed by atoms with Crippen LogP contribution in [0.3, 0.4) is 0 Å². The van der Waals surface area contributed by atoms with Crippen LogP contribution in [-0.2, 0) is 19.0 Å². The monoisotopic (exact) mass is 558 g/mol. The zero-order valence-corrected chi connectivity index (χ0v) is 24.6. The Kier molecular flexibility index (Phi) is 14.2. The molecule has 8 nitrogen and oxygen atoms in total. The molecule has 1 aromatic rings. The predicted octanol–water partition coefficient (Wildman–Crippen LogP) is 6.57. The molecule has 1 fully saturated rings. The summed E-state index contributed by atoms with van der Waals surface area (Å²) in [4.78, 5) is 29.0. The maximum absolute atomic E-state index is 12.6. The van der Waals surface area contributed by atoms with Crippen LogP contribution in [0.4, 0.5) is 10.5 Å². The lowest BCUT2D eigenvalue weighted by atomic mass is 10.0. The smallest absolute Gasteiger partial charge is 0.412 e. The summed E-state index contributed by atoms with van der Waals surface area (Å²) < 4.78 is 16.4. The zero-order chi connectivity index (χ0) is 28.6. The van der Waals surface area contributed by atoms with Gasteiger partial charge in [-0.15, -0.1) is 0 Å². The van der Waals surface area contributed by atoms with Gasteiger partial charge in [0.2, 0.25) is 6.29 Å². The number of hydrogen-bond donors (Lipinski definition) is 1. The van der Waals surface area contributed by atoms with E-state index in [-0.39, 0.29) is 0 Å². The van der Waals surface area contributed by atoms with Gasteiger partial charge in [-0.1, -0.05) is 95.8 Å². The van der Waals surface area contributed by atoms with Crippen LogP contribution in [0, 0.1) is 0 Å². The first kappa shape index (κ1) is 31.8. The normalized spacial score (nSPS) is 18.6. The van der Waals surface area contributed by atoms with E-state index in [1.807, 2.05) is 18.2 Å². The minimum Gasteiger partial charge on any atom is -0.480 e. The zero-order valence-electron chi connectivity index (χ0n) is 24.6. The molecule has 1 N–H and O–H groups in total. The Hall–Kier alpha value is -2.74. The Balaban J connectivity index is 1.23. The SMILES string of the molecule is CCCCCCCCCCCCCC(O)C1=CCC(C(=O)OC(C)OC(=O)N2CCN(c3ccccc3)CC2)O1. The second-order valence-corrected chi connectivity index (χ2v) is 11.0. The molecule has 0 saturated carbocycles. The fraction of sp³-hybridized carbons (Fsp3) is 0.688. The van der Waals surface area contributed by atoms with E-state index in [0.717, 1.165) is 18.5 Å². The van der Waals surface area contributed by atoms with E-state index < -0.39 is 30.6 Å². The van der Waals surface area contributed by atoms with E-state index in [1.165, 1.54) is 64.7 Å². The number of amides is 1. The molecule has 2 aliphatic heterocycles. The number of esters is 1. The maximum atomic E-state index is 12.6. The van der Waals surface area contributed by atoms with Gasteiger partial charge in [0.15, 0.2) is 6.10 Å². The number of anilines is 1. The Labute approximate surface area is 240 Å². The molecule has 2 heterocycles. The molecular weight excluding hydrogens is 508 g/mol. The van der Waals surface area contributed by atoms with Gasteiger partial charge in [-0.2, -0.15) is 0 Å². The van der Waals surface area contributed by atoms with E-state index in [1.54, 1.807) is 11.0 Å². The number of aliphatic hydroxyl groups excluding tert-OH is 1. The molecule has 0 aromatic heterocycles. The molecule has 0 aliphatic carbocycles. The van der Waals surface area contributed by atoms with Crippen LogP contribution in [-0.4, -0.2) is 66.7 Å². The molecule has 1 aromatic carbocycles. The Morgan fingerprint density at radius 1 is 0.900 bits per heavy atom. The Morgan fingerprint density at radius 2 is 1.50 bits per heavy atom. The summed E-state index contributed by atoms with van der Waals surface area (Å²) in [7, 11) is 0. The van der Waals surface area contributed by atoms with Crippen molar-refractivity contribution in [3.63, 3.8) is 0 Å². The molecule has 0 bridgehead atoms. The van der Waals surface area contributed by atoms with Crippen molar-refractivity contribution in [3.05, 3.63) is 42.2 Å². The van der Waals surface area contributed by atoms with Gasteiger partial charge in [0.25, 0.3) is 0 Å². The van der Waals surface area contributed by atoms with Gasteiger partial charge in [0.1, 0.15) is 11.9 Å². The average molecular weight is 559 g/mol. The number of carbonyl (C=O) groups excluding carboxylic acids is 2. The number of ether oxygens (including phenoxy) is 3. The number of nitrogens with zero attached hydrogens (tertiary/aromatic N) is 2. The highest BCUT2D eigenvalue weighted by Crippen LogP contribution is 2.25. The molecular formula is C32H50N2O6. The highest BCUT2D eigenvalue weighted by Gasteiger charge is 2.32. The van der Waals surface area contributed by atoms with E-state index >= 15 is 0 Å². The number of piperazine rings is 1. The summed E-state index contributed by atoms with van der Waals surface area (Å²) in [6, 6.07) is 10.1. The van der Waals surface area contributed by atoms with Gasteiger partial charge in [-0.3, -0.25) is 0 Å². The first-order valence-corrected chi connectivity index (χ1v) is 15.5. The summed E-state index contributed by atoms with van der Waals surface area (Å²) in [5.41, 5.74) is 1.13. The largest absolute Gasteiger partial charge is 0.480 e. The summed E-state index contributed by atoms with van der Waals surface area (Å²) in [5.74, 6) is -0.155. The highest BCUT2D eigenvalue weighted by molar-refractivity contribution is 5.76. The fourth-order valence-electron chi connectivity index (χ4n) is 5.25. The Bertz CT molecular complexity index is 900. The van der Waals surface area contributed by atoms with E-state index in [0.29, 0.717) is 44.8 Å². The maximum Gasteiger partial charge on any atom is 0.412 e. The molecule has 40 heavy (non-hydrogen) atoms. The van der Waals surface area contributed by atoms with Crippen molar-refractivity contribution in [2.24, 2.45) is 0 Å². The second-order valence-electron chi connectivity index (χ2n) is 11.0. The topological polar surface area (TPSA) is 88.5 Å². The number of rotatable bonds is 17. The first-order chi connectivity index (χ1) is 19.5. The minimum absolute atomic E-state index is 0.339. The van der Waals surface area contributed by atoms with Gasteiger partial charge in [-0.05, 0) is 24.6 Å². The third-order valence-electron chi connectivity index (χ3n) is 7.69. The number of carbonyl (C=O) groups is 2. The molecule has 3 unspecified atom stereocenters. The molecule has 0 spiro atoms. The van der Waals surface area contributed by atoms with Crippen molar-refractivity contribution in [3.8, 4) is 0 Å². The van der Waals surface area contributed by atoms with Crippen molar-refractivity contribution in [1.29, 1.82) is 0 Å². The Morgan fingerprint density at radius 3 is 2.12 bits per heavy atom. The van der Waals surface area contributed by atoms with Crippen molar-refractivity contribution < 1.29 is 28.9 Å². The number of benzene rings is 1. The van der Waals surface area contributed by atoms with Crippen LogP contribution in [0.1, 0.15) is 97.3 Å². The van der Waals surface area contributed by atoms with Gasteiger partial charge in [0.05, 0.1) is 0 Å². The van der Waals surface area contributed by atoms with E-state index in [4.69, 9.17) is 14.2 Å². The van der Waals surface area contributed by atoms with Gasteiger partial charge >= 0.3 is 12.1 Å². The van der Waals surface area contributed by atoms with E-state index in [2.05, 4.69) is 24.0 Å². The van der Waals surface area contributed by atoms with Crippen molar-refractivity contribution >= 4 is 17.7 Å². The van der Waals surface area contributed by atoms with Crippen molar-refractivity contribution in [2.75, 3.05) is 31.1 Å². The lowest BCUT2D eigenvalue weighted by molar-refractivity contribution is -0.176. The molecule has 3 atom stereocenters. The summed E-state index contributed by atoms with van der Waals surface area (Å²) in [6.45, 7) is 6.25. The van der Waals surface area contributed by atoms with E-state index in [9.17, 15) is 14.7 Å². The highest BCUT2D eigenvalue weighted by atomic mass is 16.7.